The van der Waals surface area contributed by atoms with Crippen molar-refractivity contribution in [3.8, 4) is 73.3 Å². The van der Waals surface area contributed by atoms with E-state index in [2.05, 4.69) is 117 Å². The van der Waals surface area contributed by atoms with Crippen LogP contribution in [0.25, 0.3) is 89.5 Å². The molecule has 0 atom stereocenters. The fourth-order valence-electron chi connectivity index (χ4n) is 7.58. The Morgan fingerprint density at radius 1 is 0.407 bits per heavy atom. The van der Waals surface area contributed by atoms with Crippen LogP contribution in [-0.2, 0) is 0 Å². The lowest BCUT2D eigenvalue weighted by Crippen LogP contribution is -2.44. The highest BCUT2D eigenvalue weighted by Gasteiger charge is 2.22. The smallest absolute Gasteiger partial charge is 0.164 e. The average Bonchev–Trinajstić information content (AvgIpc) is 3.62. The summed E-state index contributed by atoms with van der Waals surface area (Å²) in [6.45, 7) is 0. The number of rotatable bonds is 6. The van der Waals surface area contributed by atoms with Gasteiger partial charge in [-0.3, -0.25) is 0 Å². The molecular weight excluding hydrogens is 658 g/mol. The molecule has 0 saturated heterocycles. The maximum atomic E-state index is 11.2. The highest BCUT2D eigenvalue weighted by atomic mass is 16.3. The van der Waals surface area contributed by atoms with Gasteiger partial charge in [0.15, 0.2) is 17.5 Å². The second-order valence-corrected chi connectivity index (χ2v) is 13.9. The molecule has 0 aliphatic heterocycles. The van der Waals surface area contributed by atoms with E-state index in [1.54, 1.807) is 0 Å². The van der Waals surface area contributed by atoms with Crippen LogP contribution in [0.15, 0.2) is 150 Å². The molecule has 7 aromatic carbocycles. The fraction of sp³-hybridized carbons (Fsp3) is 0. The number of benzene rings is 7. The van der Waals surface area contributed by atoms with Gasteiger partial charge >= 0.3 is 0 Å². The molecule has 9 aromatic rings. The van der Waals surface area contributed by atoms with Crippen LogP contribution in [0.1, 0.15) is 0 Å². The second-order valence-electron chi connectivity index (χ2n) is 13.9. The Bertz CT molecular complexity index is 2830. The van der Waals surface area contributed by atoms with Gasteiger partial charge in [-0.05, 0) is 39.3 Å². The Hall–Kier alpha value is -6.59. The van der Waals surface area contributed by atoms with Crippen molar-refractivity contribution in [2.24, 2.45) is 0 Å². The summed E-state index contributed by atoms with van der Waals surface area (Å²) in [7, 11) is 7.98. The Labute approximate surface area is 317 Å². The van der Waals surface area contributed by atoms with Crippen LogP contribution in [0.5, 0.6) is 5.75 Å². The lowest BCUT2D eigenvalue weighted by molar-refractivity contribution is 0.484. The Balaban J connectivity index is 1.23. The zero-order valence-corrected chi connectivity index (χ0v) is 30.6. The van der Waals surface area contributed by atoms with Gasteiger partial charge in [0.2, 0.25) is 0 Å². The maximum Gasteiger partial charge on any atom is 0.164 e. The molecule has 0 amide bonds. The number of fused-ring (bicyclic) bond motifs is 3. The van der Waals surface area contributed by atoms with Gasteiger partial charge in [0.25, 0.3) is 0 Å². The molecule has 0 aliphatic carbocycles. The number of phenols is 1. The Kier molecular flexibility index (Phi) is 8.27. The number of hydrogen-bond donors (Lipinski definition) is 1. The van der Waals surface area contributed by atoms with Gasteiger partial charge in [-0.1, -0.05) is 156 Å². The van der Waals surface area contributed by atoms with E-state index in [1.165, 1.54) is 5.56 Å². The van der Waals surface area contributed by atoms with Crippen LogP contribution < -0.4 is 21.9 Å². The maximum absolute atomic E-state index is 11.2. The molecule has 2 aromatic heterocycles. The fourth-order valence-corrected chi connectivity index (χ4v) is 7.58. The van der Waals surface area contributed by atoms with Crippen LogP contribution in [0.3, 0.4) is 0 Å². The summed E-state index contributed by atoms with van der Waals surface area (Å²) in [5.74, 6) is 1.86. The van der Waals surface area contributed by atoms with Gasteiger partial charge in [-0.25, -0.2) is 15.0 Å². The van der Waals surface area contributed by atoms with Crippen LogP contribution >= 0.6 is 0 Å². The van der Waals surface area contributed by atoms with Crippen LogP contribution in [-0.4, -0.2) is 51.4 Å². The first kappa shape index (κ1) is 33.3. The molecule has 1 N–H and O–H groups in total. The number of para-hydroxylation sites is 1. The van der Waals surface area contributed by atoms with E-state index < -0.39 is 0 Å². The van der Waals surface area contributed by atoms with Crippen molar-refractivity contribution < 1.29 is 9.52 Å². The third-order valence-electron chi connectivity index (χ3n) is 10.8. The normalized spacial score (nSPS) is 11.3. The minimum Gasteiger partial charge on any atom is -0.509 e. The molecule has 0 radical (unpaired) electrons. The van der Waals surface area contributed by atoms with E-state index in [4.69, 9.17) is 19.4 Å². The zero-order chi connectivity index (χ0) is 36.9. The SMILES string of the molecule is Bc1c(B)c(O)c(B)c(-c2nc(-c3ccc(-c4ccccc4)cc3)nc(-c3cccc4oc5c(-c6ccc(-c7ccccc7)cc6)cccc5c34)n2)c1B. The number of hydrogen-bond acceptors (Lipinski definition) is 5. The van der Waals surface area contributed by atoms with E-state index >= 15 is 0 Å². The summed E-state index contributed by atoms with van der Waals surface area (Å²) in [5.41, 5.74) is 14.4. The summed E-state index contributed by atoms with van der Waals surface area (Å²) in [6.07, 6.45) is 0. The van der Waals surface area contributed by atoms with Crippen molar-refractivity contribution in [1.29, 1.82) is 0 Å². The summed E-state index contributed by atoms with van der Waals surface area (Å²) < 4.78 is 6.68. The minimum atomic E-state index is 0.260. The van der Waals surface area contributed by atoms with Crippen LogP contribution in [0.4, 0.5) is 0 Å². The summed E-state index contributed by atoms with van der Waals surface area (Å²) in [6, 6.07) is 50.0. The second kappa shape index (κ2) is 13.4. The van der Waals surface area contributed by atoms with E-state index in [-0.39, 0.29) is 5.75 Å². The highest BCUT2D eigenvalue weighted by molar-refractivity contribution is 6.62. The van der Waals surface area contributed by atoms with Crippen LogP contribution in [0, 0.1) is 0 Å². The number of nitrogens with zero attached hydrogens (tertiary/aromatic N) is 3. The van der Waals surface area contributed by atoms with Gasteiger partial charge in [0, 0.05) is 33.0 Å². The van der Waals surface area contributed by atoms with E-state index in [1.807, 2.05) is 59.9 Å². The van der Waals surface area contributed by atoms with E-state index in [9.17, 15) is 5.11 Å². The largest absolute Gasteiger partial charge is 0.509 e. The van der Waals surface area contributed by atoms with E-state index in [0.717, 1.165) is 88.3 Å². The van der Waals surface area contributed by atoms with Crippen molar-refractivity contribution in [2.45, 2.75) is 0 Å². The van der Waals surface area contributed by atoms with Gasteiger partial charge in [0.1, 0.15) is 48.3 Å². The molecule has 0 saturated carbocycles. The van der Waals surface area contributed by atoms with Crippen molar-refractivity contribution in [3.05, 3.63) is 146 Å². The highest BCUT2D eigenvalue weighted by Crippen LogP contribution is 2.40. The van der Waals surface area contributed by atoms with Crippen molar-refractivity contribution >= 4 is 75.2 Å². The number of furan rings is 1. The molecule has 54 heavy (non-hydrogen) atoms. The Morgan fingerprint density at radius 2 is 0.926 bits per heavy atom. The monoisotopic (exact) mass is 691 g/mol. The first-order valence-corrected chi connectivity index (χ1v) is 18.2. The standard InChI is InChI=1S/C45H33B4N3O2/c46-37-36(38(47)41(53)40(49)39(37)48)45-51-43(30-23-19-28(20-24-30)26-11-5-2-6-12-26)50-44(52-45)33-15-8-16-34-35(33)32-14-7-13-31(42(32)54-34)29-21-17-27(18-22-29)25-9-3-1-4-10-25/h1-24,53H,46-49H2. The lowest BCUT2D eigenvalue weighted by Gasteiger charge is -2.18. The van der Waals surface area contributed by atoms with Gasteiger partial charge in [0.05, 0.1) is 0 Å². The predicted molar refractivity (Wildman–Crippen MR) is 234 cm³/mol. The first-order chi connectivity index (χ1) is 26.4. The molecule has 0 aliphatic rings. The van der Waals surface area contributed by atoms with E-state index in [0.29, 0.717) is 17.5 Å². The van der Waals surface area contributed by atoms with Crippen LogP contribution in [0.2, 0.25) is 0 Å². The van der Waals surface area contributed by atoms with Crippen molar-refractivity contribution in [3.63, 3.8) is 0 Å². The third kappa shape index (κ3) is 5.69. The van der Waals surface area contributed by atoms with Gasteiger partial charge in [-0.2, -0.15) is 0 Å². The molecule has 0 fully saturated rings. The molecule has 9 heteroatoms. The first-order valence-electron chi connectivity index (χ1n) is 18.2. The quantitative estimate of drug-likeness (QED) is 0.260. The average molecular weight is 691 g/mol. The molecule has 252 valence electrons. The topological polar surface area (TPSA) is 72.0 Å². The van der Waals surface area contributed by atoms with Gasteiger partial charge in [-0.15, -0.1) is 0 Å². The molecule has 0 unspecified atom stereocenters. The Morgan fingerprint density at radius 3 is 1.57 bits per heavy atom. The summed E-state index contributed by atoms with van der Waals surface area (Å²) in [4.78, 5) is 15.4. The third-order valence-corrected chi connectivity index (χ3v) is 10.8. The lowest BCUT2D eigenvalue weighted by atomic mass is 9.66. The van der Waals surface area contributed by atoms with Gasteiger partial charge < -0.3 is 9.52 Å². The molecule has 0 spiro atoms. The van der Waals surface area contributed by atoms with Crippen molar-refractivity contribution in [2.75, 3.05) is 0 Å². The molecule has 5 nitrogen and oxygen atoms in total. The molecule has 0 bridgehead atoms. The number of phenolic OH excluding ortho intramolecular Hbond substituents is 1. The zero-order valence-electron chi connectivity index (χ0n) is 30.6. The number of aromatic nitrogens is 3. The number of aromatic hydroxyl groups is 1. The molecule has 9 rings (SSSR count). The van der Waals surface area contributed by atoms with Crippen molar-refractivity contribution in [1.82, 2.24) is 15.0 Å². The molecular formula is C45H33B4N3O2. The minimum absolute atomic E-state index is 0.260. The summed E-state index contributed by atoms with van der Waals surface area (Å²) in [5, 5.41) is 13.1. The summed E-state index contributed by atoms with van der Waals surface area (Å²) >= 11 is 0. The molecule has 2 heterocycles. The predicted octanol–water partition coefficient (Wildman–Crippen LogP) is 4.51.